The summed E-state index contributed by atoms with van der Waals surface area (Å²) in [6, 6.07) is 14.7. The molecule has 0 aliphatic rings. The summed E-state index contributed by atoms with van der Waals surface area (Å²) in [6.07, 6.45) is 1.44. The standard InChI is InChI=1S/C22H18ClN3O2/c1-13-4-5-18(8-14(13)2)25-22(27)17(12-24)10-16-9-15-11-19(28-3)6-7-20(15)26-21(16)23/h4-11H,1-3H3,(H,25,27)/b17-10+. The molecular formula is C22H18ClN3O2. The number of anilines is 1. The molecule has 1 heterocycles. The van der Waals surface area contributed by atoms with Crippen molar-refractivity contribution in [1.29, 1.82) is 5.26 Å². The lowest BCUT2D eigenvalue weighted by atomic mass is 10.1. The molecule has 0 fully saturated rings. The first kappa shape index (κ1) is 19.4. The molecule has 2 aromatic carbocycles. The van der Waals surface area contributed by atoms with Crippen molar-refractivity contribution in [2.24, 2.45) is 0 Å². The average Bonchev–Trinajstić information content (AvgIpc) is 2.68. The van der Waals surface area contributed by atoms with Crippen LogP contribution in [-0.4, -0.2) is 18.0 Å². The molecule has 1 N–H and O–H groups in total. The fraction of sp³-hybridized carbons (Fsp3) is 0.136. The summed E-state index contributed by atoms with van der Waals surface area (Å²) in [5.41, 5.74) is 3.91. The van der Waals surface area contributed by atoms with E-state index in [0.717, 1.165) is 16.5 Å². The maximum absolute atomic E-state index is 12.5. The number of ether oxygens (including phenoxy) is 1. The molecule has 1 amide bonds. The number of hydrogen-bond acceptors (Lipinski definition) is 4. The van der Waals surface area contributed by atoms with Crippen molar-refractivity contribution in [2.45, 2.75) is 13.8 Å². The van der Waals surface area contributed by atoms with Crippen LogP contribution in [0.3, 0.4) is 0 Å². The number of benzene rings is 2. The van der Waals surface area contributed by atoms with Crippen LogP contribution in [0.5, 0.6) is 5.75 Å². The van der Waals surface area contributed by atoms with Crippen LogP contribution < -0.4 is 10.1 Å². The summed E-state index contributed by atoms with van der Waals surface area (Å²) >= 11 is 6.25. The highest BCUT2D eigenvalue weighted by molar-refractivity contribution is 6.31. The van der Waals surface area contributed by atoms with Crippen molar-refractivity contribution in [1.82, 2.24) is 4.98 Å². The Bertz CT molecular complexity index is 1150. The Labute approximate surface area is 168 Å². The molecule has 0 atom stereocenters. The van der Waals surface area contributed by atoms with E-state index in [0.29, 0.717) is 22.5 Å². The third-order valence-corrected chi connectivity index (χ3v) is 4.73. The second kappa shape index (κ2) is 8.12. The lowest BCUT2D eigenvalue weighted by Crippen LogP contribution is -2.13. The van der Waals surface area contributed by atoms with Crippen LogP contribution in [0.2, 0.25) is 5.15 Å². The zero-order valence-electron chi connectivity index (χ0n) is 15.7. The van der Waals surface area contributed by atoms with Gasteiger partial charge in [0.05, 0.1) is 12.6 Å². The number of nitrogens with one attached hydrogen (secondary N) is 1. The summed E-state index contributed by atoms with van der Waals surface area (Å²) in [6.45, 7) is 3.95. The molecule has 0 spiro atoms. The van der Waals surface area contributed by atoms with Gasteiger partial charge in [-0.15, -0.1) is 0 Å². The molecule has 0 saturated carbocycles. The molecule has 28 heavy (non-hydrogen) atoms. The molecular weight excluding hydrogens is 374 g/mol. The fourth-order valence-corrected chi connectivity index (χ4v) is 2.90. The number of nitrogens with zero attached hydrogens (tertiary/aromatic N) is 2. The molecule has 0 bridgehead atoms. The molecule has 0 aliphatic carbocycles. The number of amides is 1. The lowest BCUT2D eigenvalue weighted by Gasteiger charge is -2.08. The first-order valence-electron chi connectivity index (χ1n) is 8.56. The molecule has 1 aromatic heterocycles. The van der Waals surface area contributed by atoms with Crippen molar-refractivity contribution in [2.75, 3.05) is 12.4 Å². The predicted octanol–water partition coefficient (Wildman–Crippen LogP) is 5.06. The van der Waals surface area contributed by atoms with E-state index in [1.54, 1.807) is 31.4 Å². The average molecular weight is 392 g/mol. The van der Waals surface area contributed by atoms with Gasteiger partial charge in [-0.25, -0.2) is 4.98 Å². The van der Waals surface area contributed by atoms with Gasteiger partial charge in [-0.05, 0) is 67.4 Å². The van der Waals surface area contributed by atoms with Gasteiger partial charge in [0.25, 0.3) is 5.91 Å². The maximum atomic E-state index is 12.5. The van der Waals surface area contributed by atoms with Gasteiger partial charge in [0.2, 0.25) is 0 Å². The SMILES string of the molecule is COc1ccc2nc(Cl)c(/C=C(\C#N)C(=O)Nc3ccc(C)c(C)c3)cc2c1. The van der Waals surface area contributed by atoms with Crippen LogP contribution in [0.25, 0.3) is 17.0 Å². The highest BCUT2D eigenvalue weighted by Gasteiger charge is 2.12. The molecule has 0 saturated heterocycles. The predicted molar refractivity (Wildman–Crippen MR) is 111 cm³/mol. The number of nitriles is 1. The summed E-state index contributed by atoms with van der Waals surface area (Å²) in [5.74, 6) is 0.173. The van der Waals surface area contributed by atoms with E-state index < -0.39 is 5.91 Å². The Morgan fingerprint density at radius 2 is 1.96 bits per heavy atom. The van der Waals surface area contributed by atoms with Gasteiger partial charge in [0.15, 0.2) is 0 Å². The molecule has 3 aromatic rings. The largest absolute Gasteiger partial charge is 0.497 e. The molecule has 0 unspecified atom stereocenters. The van der Waals surface area contributed by atoms with Crippen LogP contribution in [0, 0.1) is 25.2 Å². The zero-order chi connectivity index (χ0) is 20.3. The van der Waals surface area contributed by atoms with Gasteiger partial charge in [0, 0.05) is 16.6 Å². The molecule has 5 nitrogen and oxygen atoms in total. The van der Waals surface area contributed by atoms with Gasteiger partial charge >= 0.3 is 0 Å². The maximum Gasteiger partial charge on any atom is 0.266 e. The van der Waals surface area contributed by atoms with E-state index in [-0.39, 0.29) is 10.7 Å². The highest BCUT2D eigenvalue weighted by atomic mass is 35.5. The van der Waals surface area contributed by atoms with Crippen molar-refractivity contribution in [3.05, 3.63) is 69.9 Å². The minimum atomic E-state index is -0.507. The van der Waals surface area contributed by atoms with Crippen LogP contribution in [-0.2, 0) is 4.79 Å². The summed E-state index contributed by atoms with van der Waals surface area (Å²) in [7, 11) is 1.58. The van der Waals surface area contributed by atoms with Gasteiger partial charge in [-0.2, -0.15) is 5.26 Å². The van der Waals surface area contributed by atoms with E-state index in [9.17, 15) is 10.1 Å². The zero-order valence-corrected chi connectivity index (χ0v) is 16.5. The van der Waals surface area contributed by atoms with Crippen molar-refractivity contribution < 1.29 is 9.53 Å². The number of halogens is 1. The van der Waals surface area contributed by atoms with Gasteiger partial charge in [-0.3, -0.25) is 4.79 Å². The summed E-state index contributed by atoms with van der Waals surface area (Å²) in [5, 5.41) is 13.2. The Morgan fingerprint density at radius 1 is 1.18 bits per heavy atom. The van der Waals surface area contributed by atoms with Crippen LogP contribution in [0.4, 0.5) is 5.69 Å². The van der Waals surface area contributed by atoms with Crippen molar-refractivity contribution >= 4 is 40.2 Å². The number of carbonyl (C=O) groups is 1. The highest BCUT2D eigenvalue weighted by Crippen LogP contribution is 2.26. The van der Waals surface area contributed by atoms with Gasteiger partial charge in [-0.1, -0.05) is 17.7 Å². The van der Waals surface area contributed by atoms with E-state index in [4.69, 9.17) is 16.3 Å². The number of fused-ring (bicyclic) bond motifs is 1. The Morgan fingerprint density at radius 3 is 2.64 bits per heavy atom. The summed E-state index contributed by atoms with van der Waals surface area (Å²) in [4.78, 5) is 16.9. The molecule has 6 heteroatoms. The quantitative estimate of drug-likeness (QED) is 0.383. The van der Waals surface area contributed by atoms with Crippen LogP contribution in [0.1, 0.15) is 16.7 Å². The molecule has 140 valence electrons. The topological polar surface area (TPSA) is 75.0 Å². The summed E-state index contributed by atoms with van der Waals surface area (Å²) < 4.78 is 5.22. The first-order valence-corrected chi connectivity index (χ1v) is 8.94. The smallest absolute Gasteiger partial charge is 0.266 e. The molecule has 0 radical (unpaired) electrons. The number of carbonyl (C=O) groups excluding carboxylic acids is 1. The number of methoxy groups -OCH3 is 1. The fourth-order valence-electron chi connectivity index (χ4n) is 2.70. The minimum absolute atomic E-state index is 0.0656. The number of pyridine rings is 1. The van der Waals surface area contributed by atoms with Crippen molar-refractivity contribution in [3.63, 3.8) is 0 Å². The van der Waals surface area contributed by atoms with Crippen LogP contribution in [0.15, 0.2) is 48.0 Å². The number of hydrogen-bond donors (Lipinski definition) is 1. The molecule has 0 aliphatic heterocycles. The Hall–Kier alpha value is -3.36. The third-order valence-electron chi connectivity index (χ3n) is 4.43. The van der Waals surface area contributed by atoms with E-state index in [1.165, 1.54) is 6.08 Å². The van der Waals surface area contributed by atoms with Crippen LogP contribution >= 0.6 is 11.6 Å². The number of rotatable bonds is 4. The number of aryl methyl sites for hydroxylation is 2. The van der Waals surface area contributed by atoms with Crippen molar-refractivity contribution in [3.8, 4) is 11.8 Å². The monoisotopic (exact) mass is 391 g/mol. The number of aromatic nitrogens is 1. The normalized spacial score (nSPS) is 11.2. The molecule has 3 rings (SSSR count). The second-order valence-corrected chi connectivity index (χ2v) is 6.71. The minimum Gasteiger partial charge on any atom is -0.497 e. The van der Waals surface area contributed by atoms with E-state index >= 15 is 0 Å². The van der Waals surface area contributed by atoms with Gasteiger partial charge < -0.3 is 10.1 Å². The third kappa shape index (κ3) is 4.13. The van der Waals surface area contributed by atoms with E-state index in [1.807, 2.05) is 38.1 Å². The first-order chi connectivity index (χ1) is 13.4. The van der Waals surface area contributed by atoms with E-state index in [2.05, 4.69) is 10.3 Å². The second-order valence-electron chi connectivity index (χ2n) is 6.35. The van der Waals surface area contributed by atoms with Gasteiger partial charge in [0.1, 0.15) is 22.5 Å². The Balaban J connectivity index is 1.94. The Kier molecular flexibility index (Phi) is 5.62. The lowest BCUT2D eigenvalue weighted by molar-refractivity contribution is -0.112.